The van der Waals surface area contributed by atoms with Crippen molar-refractivity contribution in [2.24, 2.45) is 7.05 Å². The third-order valence-corrected chi connectivity index (χ3v) is 2.63. The fraction of sp³-hybridized carbons (Fsp3) is 0.250. The van der Waals surface area contributed by atoms with Gasteiger partial charge in [-0.25, -0.2) is 0 Å². The summed E-state index contributed by atoms with van der Waals surface area (Å²) >= 11 is 0. The summed E-state index contributed by atoms with van der Waals surface area (Å²) in [5.41, 5.74) is 2.91. The van der Waals surface area contributed by atoms with Crippen molar-refractivity contribution in [2.75, 3.05) is 0 Å². The van der Waals surface area contributed by atoms with E-state index in [2.05, 4.69) is 10.1 Å². The van der Waals surface area contributed by atoms with Gasteiger partial charge < -0.3 is 5.11 Å². The third kappa shape index (κ3) is 2.50. The van der Waals surface area contributed by atoms with Crippen molar-refractivity contribution < 1.29 is 9.90 Å². The number of hydrogen-bond acceptors (Lipinski definition) is 3. The number of aromatic nitrogens is 3. The first-order valence-electron chi connectivity index (χ1n) is 5.31. The van der Waals surface area contributed by atoms with E-state index in [1.54, 1.807) is 23.3 Å². The molecule has 0 aromatic carbocycles. The quantitative estimate of drug-likeness (QED) is 0.865. The van der Waals surface area contributed by atoms with Gasteiger partial charge in [-0.1, -0.05) is 0 Å². The molecule has 17 heavy (non-hydrogen) atoms. The second kappa shape index (κ2) is 4.78. The van der Waals surface area contributed by atoms with Crippen molar-refractivity contribution in [3.8, 4) is 11.1 Å². The SMILES string of the molecule is Cn1ncc(-c2ccncc2)c1CCC(=O)O. The minimum absolute atomic E-state index is 0.109. The van der Waals surface area contributed by atoms with E-state index in [0.717, 1.165) is 16.8 Å². The average Bonchev–Trinajstić information content (AvgIpc) is 2.69. The van der Waals surface area contributed by atoms with Gasteiger partial charge in [-0.05, 0) is 17.7 Å². The zero-order chi connectivity index (χ0) is 12.3. The predicted octanol–water partition coefficient (Wildman–Crippen LogP) is 1.50. The van der Waals surface area contributed by atoms with Gasteiger partial charge in [0.05, 0.1) is 12.6 Å². The molecule has 0 saturated heterocycles. The van der Waals surface area contributed by atoms with Crippen LogP contribution in [0.2, 0.25) is 0 Å². The Kier molecular flexibility index (Phi) is 3.18. The van der Waals surface area contributed by atoms with Crippen molar-refractivity contribution >= 4 is 5.97 Å². The highest BCUT2D eigenvalue weighted by molar-refractivity contribution is 5.69. The van der Waals surface area contributed by atoms with Gasteiger partial charge in [-0.2, -0.15) is 5.10 Å². The van der Waals surface area contributed by atoms with E-state index >= 15 is 0 Å². The van der Waals surface area contributed by atoms with Crippen LogP contribution in [-0.2, 0) is 18.3 Å². The number of carbonyl (C=O) groups is 1. The first-order chi connectivity index (χ1) is 8.18. The van der Waals surface area contributed by atoms with Gasteiger partial charge in [0.15, 0.2) is 0 Å². The van der Waals surface area contributed by atoms with Crippen LogP contribution in [0, 0.1) is 0 Å². The molecule has 0 fully saturated rings. The van der Waals surface area contributed by atoms with Crippen LogP contribution in [0.5, 0.6) is 0 Å². The Morgan fingerprint density at radius 3 is 2.76 bits per heavy atom. The number of aryl methyl sites for hydroxylation is 1. The van der Waals surface area contributed by atoms with Crippen LogP contribution in [0.25, 0.3) is 11.1 Å². The number of carboxylic acids is 1. The molecule has 0 aliphatic heterocycles. The van der Waals surface area contributed by atoms with Crippen LogP contribution in [0.1, 0.15) is 12.1 Å². The molecule has 2 rings (SSSR count). The lowest BCUT2D eigenvalue weighted by molar-refractivity contribution is -0.136. The van der Waals surface area contributed by atoms with E-state index < -0.39 is 5.97 Å². The lowest BCUT2D eigenvalue weighted by Crippen LogP contribution is -2.04. The van der Waals surface area contributed by atoms with Crippen LogP contribution < -0.4 is 0 Å². The van der Waals surface area contributed by atoms with Gasteiger partial charge in [0.2, 0.25) is 0 Å². The van der Waals surface area contributed by atoms with Gasteiger partial charge in [-0.3, -0.25) is 14.5 Å². The molecule has 2 aromatic rings. The lowest BCUT2D eigenvalue weighted by Gasteiger charge is -2.04. The summed E-state index contributed by atoms with van der Waals surface area (Å²) in [6, 6.07) is 3.78. The molecular weight excluding hydrogens is 218 g/mol. The molecule has 0 spiro atoms. The Morgan fingerprint density at radius 2 is 2.12 bits per heavy atom. The van der Waals surface area contributed by atoms with Crippen LogP contribution in [0.15, 0.2) is 30.7 Å². The molecule has 5 nitrogen and oxygen atoms in total. The monoisotopic (exact) mass is 231 g/mol. The zero-order valence-electron chi connectivity index (χ0n) is 9.50. The van der Waals surface area contributed by atoms with E-state index in [9.17, 15) is 4.79 Å². The zero-order valence-corrected chi connectivity index (χ0v) is 9.50. The molecule has 2 heterocycles. The van der Waals surface area contributed by atoms with E-state index in [1.807, 2.05) is 19.2 Å². The molecule has 88 valence electrons. The van der Waals surface area contributed by atoms with Crippen molar-refractivity contribution in [2.45, 2.75) is 12.8 Å². The minimum atomic E-state index is -0.799. The van der Waals surface area contributed by atoms with Crippen molar-refractivity contribution in [3.05, 3.63) is 36.4 Å². The van der Waals surface area contributed by atoms with Crippen LogP contribution in [0.3, 0.4) is 0 Å². The summed E-state index contributed by atoms with van der Waals surface area (Å²) in [6.45, 7) is 0. The summed E-state index contributed by atoms with van der Waals surface area (Å²) in [5.74, 6) is -0.799. The number of carboxylic acid groups (broad SMARTS) is 1. The normalized spacial score (nSPS) is 10.4. The standard InChI is InChI=1S/C12H13N3O2/c1-15-11(2-3-12(16)17)10(8-14-15)9-4-6-13-7-5-9/h4-8H,2-3H2,1H3,(H,16,17). The second-order valence-electron chi connectivity index (χ2n) is 3.76. The molecule has 0 bridgehead atoms. The Hall–Kier alpha value is -2.17. The summed E-state index contributed by atoms with van der Waals surface area (Å²) in [6.07, 6.45) is 5.76. The van der Waals surface area contributed by atoms with Crippen molar-refractivity contribution in [1.29, 1.82) is 0 Å². The van der Waals surface area contributed by atoms with E-state index in [-0.39, 0.29) is 6.42 Å². The number of rotatable bonds is 4. The molecule has 0 unspecified atom stereocenters. The first kappa shape index (κ1) is 11.3. The number of nitrogens with zero attached hydrogens (tertiary/aromatic N) is 3. The molecule has 0 atom stereocenters. The highest BCUT2D eigenvalue weighted by Crippen LogP contribution is 2.23. The largest absolute Gasteiger partial charge is 0.481 e. The molecular formula is C12H13N3O2. The van der Waals surface area contributed by atoms with Gasteiger partial charge in [0.25, 0.3) is 0 Å². The summed E-state index contributed by atoms with van der Waals surface area (Å²) in [4.78, 5) is 14.6. The molecule has 0 aliphatic rings. The molecule has 0 amide bonds. The Labute approximate surface area is 98.7 Å². The molecule has 2 aromatic heterocycles. The van der Waals surface area contributed by atoms with Crippen molar-refractivity contribution in [1.82, 2.24) is 14.8 Å². The Bertz CT molecular complexity index is 520. The maximum absolute atomic E-state index is 10.6. The van der Waals surface area contributed by atoms with Gasteiger partial charge in [0.1, 0.15) is 0 Å². The van der Waals surface area contributed by atoms with Gasteiger partial charge >= 0.3 is 5.97 Å². The lowest BCUT2D eigenvalue weighted by atomic mass is 10.1. The fourth-order valence-corrected chi connectivity index (χ4v) is 1.76. The van der Waals surface area contributed by atoms with Crippen LogP contribution in [0.4, 0.5) is 0 Å². The average molecular weight is 231 g/mol. The van der Waals surface area contributed by atoms with E-state index in [1.165, 1.54) is 0 Å². The topological polar surface area (TPSA) is 68.0 Å². The Morgan fingerprint density at radius 1 is 1.41 bits per heavy atom. The summed E-state index contributed by atoms with van der Waals surface area (Å²) < 4.78 is 1.72. The van der Waals surface area contributed by atoms with Gasteiger partial charge in [-0.15, -0.1) is 0 Å². The molecule has 0 aliphatic carbocycles. The maximum atomic E-state index is 10.6. The number of hydrogen-bond donors (Lipinski definition) is 1. The minimum Gasteiger partial charge on any atom is -0.481 e. The fourth-order valence-electron chi connectivity index (χ4n) is 1.76. The highest BCUT2D eigenvalue weighted by Gasteiger charge is 2.11. The van der Waals surface area contributed by atoms with E-state index in [4.69, 9.17) is 5.11 Å². The van der Waals surface area contributed by atoms with Gasteiger partial charge in [0, 0.05) is 37.1 Å². The Balaban J connectivity index is 2.32. The second-order valence-corrected chi connectivity index (χ2v) is 3.76. The van der Waals surface area contributed by atoms with Crippen molar-refractivity contribution in [3.63, 3.8) is 0 Å². The highest BCUT2D eigenvalue weighted by atomic mass is 16.4. The molecule has 0 radical (unpaired) electrons. The molecule has 5 heteroatoms. The summed E-state index contributed by atoms with van der Waals surface area (Å²) in [7, 11) is 1.82. The number of pyridine rings is 1. The summed E-state index contributed by atoms with van der Waals surface area (Å²) in [5, 5.41) is 12.9. The third-order valence-electron chi connectivity index (χ3n) is 2.63. The molecule has 1 N–H and O–H groups in total. The predicted molar refractivity (Wildman–Crippen MR) is 62.4 cm³/mol. The first-order valence-corrected chi connectivity index (χ1v) is 5.31. The molecule has 0 saturated carbocycles. The smallest absolute Gasteiger partial charge is 0.303 e. The van der Waals surface area contributed by atoms with Crippen LogP contribution >= 0.6 is 0 Å². The van der Waals surface area contributed by atoms with E-state index in [0.29, 0.717) is 6.42 Å². The number of aliphatic carboxylic acids is 1. The maximum Gasteiger partial charge on any atom is 0.303 e. The van der Waals surface area contributed by atoms with Crippen LogP contribution in [-0.4, -0.2) is 25.8 Å².